The maximum Gasteiger partial charge on any atom is 0.413 e. The second kappa shape index (κ2) is 14.1. The molecular formula is C30H37N5O5S. The zero-order chi connectivity index (χ0) is 30.0. The number of alkyl carbamates (subject to hydrolysis) is 1. The number of carbonyl (C=O) groups is 3. The van der Waals surface area contributed by atoms with Crippen LogP contribution in [0.4, 0.5) is 14.7 Å². The summed E-state index contributed by atoms with van der Waals surface area (Å²) in [6.45, 7) is 6.59. The number of carbonyl (C=O) groups excluding carboxylic acids is 3. The molecule has 4 rings (SSSR count). The Bertz CT molecular complexity index is 1320. The van der Waals surface area contributed by atoms with Crippen LogP contribution >= 0.6 is 11.3 Å². The predicted molar refractivity (Wildman–Crippen MR) is 158 cm³/mol. The fourth-order valence-electron chi connectivity index (χ4n) is 4.30. The number of piperazine rings is 1. The molecule has 2 aromatic carbocycles. The first-order valence-electron chi connectivity index (χ1n) is 14.2. The van der Waals surface area contributed by atoms with Crippen LogP contribution in [-0.4, -0.2) is 71.2 Å². The van der Waals surface area contributed by atoms with E-state index in [1.165, 1.54) is 11.3 Å². The Balaban J connectivity index is 1.23. The zero-order valence-corrected chi connectivity index (χ0v) is 24.2. The van der Waals surface area contributed by atoms with Gasteiger partial charge in [0.25, 0.3) is 0 Å². The molecule has 1 saturated heterocycles. The summed E-state index contributed by atoms with van der Waals surface area (Å²) in [6.07, 6.45) is -0.566. The second-order valence-corrected chi connectivity index (χ2v) is 11.2. The molecule has 1 aromatic heterocycles. The van der Waals surface area contributed by atoms with E-state index in [1.54, 1.807) is 30.9 Å². The zero-order valence-electron chi connectivity index (χ0n) is 24.4. The van der Waals surface area contributed by atoms with E-state index in [0.29, 0.717) is 43.3 Å². The van der Waals surface area contributed by atoms with Gasteiger partial charge in [-0.15, -0.1) is 11.3 Å². The van der Waals surface area contributed by atoms with Crippen LogP contribution in [-0.2, 0) is 27.3 Å². The number of hydrogen-bond acceptors (Lipinski definition) is 8. The first-order valence-corrected chi connectivity index (χ1v) is 14.4. The molecule has 0 radical (unpaired) electrons. The van der Waals surface area contributed by atoms with Gasteiger partial charge in [0, 0.05) is 45.9 Å². The van der Waals surface area contributed by atoms with Crippen LogP contribution < -0.4 is 10.6 Å². The van der Waals surface area contributed by atoms with Crippen LogP contribution in [0, 0.1) is 0 Å². The largest absolute Gasteiger partial charge is 0.444 e. The molecule has 3 aromatic rings. The molecule has 0 saturated carbocycles. The van der Waals surface area contributed by atoms with Gasteiger partial charge in [-0.2, -0.15) is 0 Å². The molecule has 41 heavy (non-hydrogen) atoms. The summed E-state index contributed by atoms with van der Waals surface area (Å²) in [4.78, 5) is 46.7. The van der Waals surface area contributed by atoms with Crippen LogP contribution in [0.15, 0.2) is 66.0 Å². The highest BCUT2D eigenvalue weighted by Gasteiger charge is 2.31. The van der Waals surface area contributed by atoms with Crippen molar-refractivity contribution in [1.29, 1.82) is 0 Å². The Morgan fingerprint density at radius 1 is 1.02 bits per heavy atom. The van der Waals surface area contributed by atoms with Crippen LogP contribution in [0.5, 0.6) is 0 Å². The molecule has 2 heterocycles. The third-order valence-corrected chi connectivity index (χ3v) is 7.16. The number of nitrogens with one attached hydrogen (secondary N) is 2. The molecule has 1 fully saturated rings. The van der Waals surface area contributed by atoms with Crippen LogP contribution in [0.25, 0.3) is 0 Å². The van der Waals surface area contributed by atoms with E-state index in [-0.39, 0.29) is 19.4 Å². The fraction of sp³-hybridized carbons (Fsp3) is 0.400. The van der Waals surface area contributed by atoms with E-state index in [0.717, 1.165) is 17.8 Å². The van der Waals surface area contributed by atoms with Gasteiger partial charge in [-0.3, -0.25) is 15.0 Å². The molecule has 1 aliphatic heterocycles. The Labute approximate surface area is 246 Å². The molecule has 0 spiro atoms. The van der Waals surface area contributed by atoms with E-state index < -0.39 is 23.8 Å². The minimum atomic E-state index is -0.959. The second-order valence-electron chi connectivity index (χ2n) is 10.4. The van der Waals surface area contributed by atoms with Gasteiger partial charge in [0.1, 0.15) is 18.2 Å². The highest BCUT2D eigenvalue weighted by atomic mass is 32.1. The van der Waals surface area contributed by atoms with Gasteiger partial charge in [-0.25, -0.2) is 14.6 Å². The van der Waals surface area contributed by atoms with Gasteiger partial charge in [0.05, 0.1) is 5.69 Å². The van der Waals surface area contributed by atoms with Crippen molar-refractivity contribution in [2.75, 3.05) is 38.0 Å². The van der Waals surface area contributed by atoms with Crippen molar-refractivity contribution in [2.24, 2.45) is 0 Å². The van der Waals surface area contributed by atoms with Crippen molar-refractivity contribution in [2.45, 2.75) is 45.4 Å². The molecule has 0 aliphatic carbocycles. The number of rotatable bonds is 9. The average Bonchev–Trinajstić information content (AvgIpc) is 3.45. The van der Waals surface area contributed by atoms with Crippen LogP contribution in [0.2, 0.25) is 0 Å². The lowest BCUT2D eigenvalue weighted by atomic mass is 10.1. The van der Waals surface area contributed by atoms with E-state index in [4.69, 9.17) is 10.8 Å². The number of benzene rings is 2. The van der Waals surface area contributed by atoms with Crippen molar-refractivity contribution in [3.8, 4) is 0 Å². The molecule has 11 heteroatoms. The molecule has 1 aliphatic rings. The lowest BCUT2D eigenvalue weighted by Crippen LogP contribution is -2.52. The van der Waals surface area contributed by atoms with E-state index in [9.17, 15) is 14.4 Å². The Morgan fingerprint density at radius 3 is 2.39 bits per heavy atom. The third-order valence-electron chi connectivity index (χ3n) is 6.35. The van der Waals surface area contributed by atoms with Gasteiger partial charge in [0.2, 0.25) is 5.91 Å². The summed E-state index contributed by atoms with van der Waals surface area (Å²) in [5, 5.41) is 7.81. The smallest absolute Gasteiger partial charge is 0.413 e. The summed E-state index contributed by atoms with van der Waals surface area (Å²) in [6, 6.07) is 17.7. The number of aromatic nitrogens is 1. The number of nitrogens with zero attached hydrogens (tertiary/aromatic N) is 3. The minimum absolute atomic E-state index is 0.0909. The number of amides is 3. The first-order chi connectivity index (χ1) is 20.2. The van der Waals surface area contributed by atoms with Gasteiger partial charge in [0.15, 0.2) is 5.13 Å². The van der Waals surface area contributed by atoms with E-state index >= 15 is 0 Å². The van der Waals surface area contributed by atoms with Gasteiger partial charge < -0.3 is 19.7 Å². The quantitative estimate of drug-likeness (QED) is 0.372. The maximum absolute atomic E-state index is 13.5. The number of hydrogen-bond donors (Lipinski definition) is 2. The lowest BCUT2D eigenvalue weighted by Gasteiger charge is -2.36. The van der Waals surface area contributed by atoms with Crippen LogP contribution in [0.1, 0.15) is 45.0 Å². The molecule has 2 N–H and O–H groups in total. The Kier molecular flexibility index (Phi) is 9.82. The lowest BCUT2D eigenvalue weighted by molar-refractivity contribution is -0.135. The SMILES string of the molecule is [2H]CC(C)(C)OC(=O)NC(C(=O)N1CCN(CCc2csc(NC(=O)OCc3ccccc3)n2)CC1)c1ccccc1. The molecule has 10 nitrogen and oxygen atoms in total. The normalized spacial score (nSPS) is 15.0. The predicted octanol–water partition coefficient (Wildman–Crippen LogP) is 4.84. The summed E-state index contributed by atoms with van der Waals surface area (Å²) < 4.78 is 18.2. The average molecular weight is 581 g/mol. The summed E-state index contributed by atoms with van der Waals surface area (Å²) >= 11 is 1.35. The topological polar surface area (TPSA) is 113 Å². The molecular weight excluding hydrogens is 542 g/mol. The summed E-state index contributed by atoms with van der Waals surface area (Å²) in [5.41, 5.74) is 1.49. The van der Waals surface area contributed by atoms with Gasteiger partial charge in [-0.1, -0.05) is 60.7 Å². The van der Waals surface area contributed by atoms with E-state index in [1.807, 2.05) is 53.9 Å². The highest BCUT2D eigenvalue weighted by molar-refractivity contribution is 7.13. The molecule has 218 valence electrons. The van der Waals surface area contributed by atoms with Crippen molar-refractivity contribution < 1.29 is 25.2 Å². The Morgan fingerprint density at radius 2 is 1.71 bits per heavy atom. The fourth-order valence-corrected chi connectivity index (χ4v) is 5.03. The van der Waals surface area contributed by atoms with Gasteiger partial charge in [-0.05, 0) is 31.9 Å². The number of thiazole rings is 1. The van der Waals surface area contributed by atoms with Crippen molar-refractivity contribution in [3.63, 3.8) is 0 Å². The van der Waals surface area contributed by atoms with Gasteiger partial charge >= 0.3 is 12.2 Å². The summed E-state index contributed by atoms with van der Waals surface area (Å²) in [7, 11) is 0. The van der Waals surface area contributed by atoms with E-state index in [2.05, 4.69) is 20.5 Å². The van der Waals surface area contributed by atoms with Crippen molar-refractivity contribution in [1.82, 2.24) is 20.1 Å². The molecule has 1 unspecified atom stereocenters. The third kappa shape index (κ3) is 9.58. The maximum atomic E-state index is 13.5. The van der Waals surface area contributed by atoms with Crippen LogP contribution in [0.3, 0.4) is 0 Å². The minimum Gasteiger partial charge on any atom is -0.444 e. The standard InChI is InChI=1S/C30H37N5O5S/c1-30(2,3)40-29(38)32-25(23-12-8-5-9-13-23)26(36)35-18-16-34(17-19-35)15-14-24-21-41-27(31-24)33-28(37)39-20-22-10-6-4-7-11-22/h4-13,21,25H,14-20H2,1-3H3,(H,32,38)(H,31,33,37)/i1D. The molecule has 0 bridgehead atoms. The number of ether oxygens (including phenoxy) is 2. The van der Waals surface area contributed by atoms with Crippen molar-refractivity contribution in [3.05, 3.63) is 82.9 Å². The molecule has 1 atom stereocenters. The highest BCUT2D eigenvalue weighted by Crippen LogP contribution is 2.20. The Hall–Kier alpha value is -3.96. The first kappa shape index (κ1) is 28.6. The van der Waals surface area contributed by atoms with Crippen molar-refractivity contribution >= 4 is 34.6 Å². The molecule has 3 amide bonds. The number of anilines is 1. The monoisotopic (exact) mass is 580 g/mol. The summed E-state index contributed by atoms with van der Waals surface area (Å²) in [5.74, 6) is -0.198.